The van der Waals surface area contributed by atoms with E-state index in [1.54, 1.807) is 0 Å². The van der Waals surface area contributed by atoms with Gasteiger partial charge in [-0.3, -0.25) is 9.78 Å². The van der Waals surface area contributed by atoms with Gasteiger partial charge in [-0.2, -0.15) is 0 Å². The van der Waals surface area contributed by atoms with Gasteiger partial charge in [-0.1, -0.05) is 0 Å². The number of benzene rings is 1. The van der Waals surface area contributed by atoms with Crippen LogP contribution in [0, 0.1) is 17.5 Å². The Morgan fingerprint density at radius 2 is 1.91 bits per heavy atom. The first kappa shape index (κ1) is 16.5. The van der Waals surface area contributed by atoms with Crippen molar-refractivity contribution < 1.29 is 27.5 Å². The van der Waals surface area contributed by atoms with E-state index < -0.39 is 41.1 Å². The summed E-state index contributed by atoms with van der Waals surface area (Å²) >= 11 is 0. The first-order chi connectivity index (χ1) is 10.9. The van der Waals surface area contributed by atoms with Crippen LogP contribution in [-0.2, 0) is 9.53 Å². The van der Waals surface area contributed by atoms with Gasteiger partial charge in [0, 0.05) is 12.4 Å². The fourth-order valence-corrected chi connectivity index (χ4v) is 1.62. The summed E-state index contributed by atoms with van der Waals surface area (Å²) in [5, 5.41) is 2.02. The van der Waals surface area contributed by atoms with Gasteiger partial charge >= 0.3 is 5.97 Å². The molecule has 0 radical (unpaired) electrons. The van der Waals surface area contributed by atoms with Gasteiger partial charge in [0.1, 0.15) is 0 Å². The third kappa shape index (κ3) is 3.85. The Hall–Kier alpha value is -2.90. The SMILES string of the molecule is CC(OC(=O)c1cccnc1)C(=O)Nc1ccc(F)c(F)c1F. The minimum atomic E-state index is -1.71. The number of carbonyl (C=O) groups is 2. The van der Waals surface area contributed by atoms with Crippen molar-refractivity contribution in [3.8, 4) is 0 Å². The van der Waals surface area contributed by atoms with E-state index in [-0.39, 0.29) is 5.56 Å². The molecular weight excluding hydrogens is 313 g/mol. The van der Waals surface area contributed by atoms with Crippen molar-refractivity contribution in [2.45, 2.75) is 13.0 Å². The monoisotopic (exact) mass is 324 g/mol. The number of hydrogen-bond donors (Lipinski definition) is 1. The van der Waals surface area contributed by atoms with Crippen LogP contribution >= 0.6 is 0 Å². The maximum atomic E-state index is 13.5. The average Bonchev–Trinajstić information content (AvgIpc) is 2.56. The van der Waals surface area contributed by atoms with Gasteiger partial charge in [0.25, 0.3) is 5.91 Å². The molecule has 1 unspecified atom stereocenters. The third-order valence-electron chi connectivity index (χ3n) is 2.84. The molecule has 2 aromatic rings. The zero-order chi connectivity index (χ0) is 17.0. The van der Waals surface area contributed by atoms with Crippen molar-refractivity contribution in [2.24, 2.45) is 0 Å². The highest BCUT2D eigenvalue weighted by molar-refractivity contribution is 5.97. The Labute approximate surface area is 129 Å². The Kier molecular flexibility index (Phi) is 4.95. The molecule has 0 bridgehead atoms. The predicted molar refractivity (Wildman–Crippen MR) is 74.1 cm³/mol. The second-order valence-electron chi connectivity index (χ2n) is 4.50. The molecule has 0 spiro atoms. The first-order valence-corrected chi connectivity index (χ1v) is 6.45. The van der Waals surface area contributed by atoms with Gasteiger partial charge in [0.2, 0.25) is 0 Å². The summed E-state index contributed by atoms with van der Waals surface area (Å²) in [5.41, 5.74) is -0.427. The van der Waals surface area contributed by atoms with Crippen molar-refractivity contribution >= 4 is 17.6 Å². The molecule has 120 valence electrons. The van der Waals surface area contributed by atoms with Crippen LogP contribution in [0.1, 0.15) is 17.3 Å². The quantitative estimate of drug-likeness (QED) is 0.693. The molecule has 0 saturated carbocycles. The van der Waals surface area contributed by atoms with Crippen LogP contribution in [0.3, 0.4) is 0 Å². The highest BCUT2D eigenvalue weighted by Crippen LogP contribution is 2.20. The molecule has 5 nitrogen and oxygen atoms in total. The largest absolute Gasteiger partial charge is 0.449 e. The second kappa shape index (κ2) is 6.91. The topological polar surface area (TPSA) is 68.3 Å². The lowest BCUT2D eigenvalue weighted by molar-refractivity contribution is -0.123. The molecule has 1 atom stereocenters. The molecule has 1 amide bonds. The number of amides is 1. The summed E-state index contributed by atoms with van der Waals surface area (Å²) in [6.45, 7) is 1.25. The van der Waals surface area contributed by atoms with Crippen LogP contribution in [-0.4, -0.2) is 23.0 Å². The lowest BCUT2D eigenvalue weighted by Crippen LogP contribution is -2.30. The summed E-state index contributed by atoms with van der Waals surface area (Å²) in [5.74, 6) is -6.32. The van der Waals surface area contributed by atoms with Crippen LogP contribution in [0.15, 0.2) is 36.7 Å². The fraction of sp³-hybridized carbons (Fsp3) is 0.133. The van der Waals surface area contributed by atoms with Crippen LogP contribution in [0.25, 0.3) is 0 Å². The van der Waals surface area contributed by atoms with Gasteiger partial charge < -0.3 is 10.1 Å². The summed E-state index contributed by atoms with van der Waals surface area (Å²) in [6, 6.07) is 4.48. The van der Waals surface area contributed by atoms with E-state index >= 15 is 0 Å². The molecule has 1 aromatic carbocycles. The predicted octanol–water partition coefficient (Wildman–Crippen LogP) is 2.68. The molecule has 23 heavy (non-hydrogen) atoms. The number of pyridine rings is 1. The number of hydrogen-bond acceptors (Lipinski definition) is 4. The highest BCUT2D eigenvalue weighted by atomic mass is 19.2. The van der Waals surface area contributed by atoms with E-state index in [9.17, 15) is 22.8 Å². The van der Waals surface area contributed by atoms with Crippen LogP contribution < -0.4 is 5.32 Å². The number of rotatable bonds is 4. The number of nitrogens with zero attached hydrogens (tertiary/aromatic N) is 1. The van der Waals surface area contributed by atoms with E-state index in [0.29, 0.717) is 6.07 Å². The van der Waals surface area contributed by atoms with Crippen molar-refractivity contribution in [1.29, 1.82) is 0 Å². The molecule has 1 heterocycles. The molecule has 0 saturated heterocycles. The standard InChI is InChI=1S/C15H11F3N2O3/c1-8(23-15(22)9-3-2-6-19-7-9)14(21)20-11-5-4-10(16)12(17)13(11)18/h2-8H,1H3,(H,20,21). The molecule has 1 N–H and O–H groups in total. The summed E-state index contributed by atoms with van der Waals surface area (Å²) in [4.78, 5) is 27.3. The van der Waals surface area contributed by atoms with Gasteiger partial charge in [-0.15, -0.1) is 0 Å². The van der Waals surface area contributed by atoms with Crippen molar-refractivity contribution in [3.05, 3.63) is 59.7 Å². The lowest BCUT2D eigenvalue weighted by Gasteiger charge is -2.14. The maximum absolute atomic E-state index is 13.5. The van der Waals surface area contributed by atoms with Crippen molar-refractivity contribution in [1.82, 2.24) is 4.98 Å². The van der Waals surface area contributed by atoms with Crippen molar-refractivity contribution in [2.75, 3.05) is 5.32 Å². The smallest absolute Gasteiger partial charge is 0.340 e. The zero-order valence-electron chi connectivity index (χ0n) is 11.8. The van der Waals surface area contributed by atoms with Crippen LogP contribution in [0.4, 0.5) is 18.9 Å². The minimum absolute atomic E-state index is 0.131. The second-order valence-corrected chi connectivity index (χ2v) is 4.50. The molecule has 8 heteroatoms. The lowest BCUT2D eigenvalue weighted by atomic mass is 10.2. The minimum Gasteiger partial charge on any atom is -0.449 e. The normalized spacial score (nSPS) is 11.7. The number of ether oxygens (including phenoxy) is 1. The maximum Gasteiger partial charge on any atom is 0.340 e. The molecular formula is C15H11F3N2O3. The zero-order valence-corrected chi connectivity index (χ0v) is 11.8. The number of aromatic nitrogens is 1. The summed E-state index contributed by atoms with van der Waals surface area (Å²) in [7, 11) is 0. The molecule has 0 aliphatic heterocycles. The van der Waals surface area contributed by atoms with E-state index in [1.807, 2.05) is 5.32 Å². The fourth-order valence-electron chi connectivity index (χ4n) is 1.62. The Bertz CT molecular complexity index is 738. The number of esters is 1. The van der Waals surface area contributed by atoms with E-state index in [0.717, 1.165) is 6.07 Å². The Morgan fingerprint density at radius 3 is 2.57 bits per heavy atom. The molecule has 2 rings (SSSR count). The number of halogens is 3. The number of carbonyl (C=O) groups excluding carboxylic acids is 2. The van der Waals surface area contributed by atoms with E-state index in [1.165, 1.54) is 31.5 Å². The Balaban J connectivity index is 2.03. The molecule has 1 aromatic heterocycles. The van der Waals surface area contributed by atoms with Gasteiger partial charge in [0.15, 0.2) is 23.6 Å². The average molecular weight is 324 g/mol. The summed E-state index contributed by atoms with van der Waals surface area (Å²) in [6.07, 6.45) is 1.43. The highest BCUT2D eigenvalue weighted by Gasteiger charge is 2.21. The third-order valence-corrected chi connectivity index (χ3v) is 2.84. The van der Waals surface area contributed by atoms with Gasteiger partial charge in [-0.05, 0) is 31.2 Å². The van der Waals surface area contributed by atoms with E-state index in [4.69, 9.17) is 4.74 Å². The number of anilines is 1. The van der Waals surface area contributed by atoms with Crippen LogP contribution in [0.2, 0.25) is 0 Å². The van der Waals surface area contributed by atoms with E-state index in [2.05, 4.69) is 4.98 Å². The summed E-state index contributed by atoms with van der Waals surface area (Å²) < 4.78 is 44.2. The first-order valence-electron chi connectivity index (χ1n) is 6.45. The van der Waals surface area contributed by atoms with Crippen molar-refractivity contribution in [3.63, 3.8) is 0 Å². The van der Waals surface area contributed by atoms with Crippen LogP contribution in [0.5, 0.6) is 0 Å². The molecule has 0 fully saturated rings. The number of nitrogens with one attached hydrogen (secondary N) is 1. The Morgan fingerprint density at radius 1 is 1.17 bits per heavy atom. The molecule has 0 aliphatic rings. The van der Waals surface area contributed by atoms with Gasteiger partial charge in [-0.25, -0.2) is 18.0 Å². The van der Waals surface area contributed by atoms with Gasteiger partial charge in [0.05, 0.1) is 11.3 Å². The molecule has 0 aliphatic carbocycles.